The highest BCUT2D eigenvalue weighted by atomic mass is 19.1. The zero-order valence-corrected chi connectivity index (χ0v) is 19.8. The largest absolute Gasteiger partial charge is 0.497 e. The molecule has 0 radical (unpaired) electrons. The summed E-state index contributed by atoms with van der Waals surface area (Å²) in [4.78, 5) is 17.7. The third-order valence-corrected chi connectivity index (χ3v) is 6.63. The van der Waals surface area contributed by atoms with E-state index in [1.165, 1.54) is 25.0 Å². The average Bonchev–Trinajstić information content (AvgIpc) is 3.64. The lowest BCUT2D eigenvalue weighted by atomic mass is 10.1. The first-order valence-electron chi connectivity index (χ1n) is 11.9. The molecule has 1 aliphatic carbocycles. The molecule has 180 valence electrons. The first-order valence-corrected chi connectivity index (χ1v) is 11.9. The fraction of sp³-hybridized carbons (Fsp3) is 0.286. The summed E-state index contributed by atoms with van der Waals surface area (Å²) < 4.78 is 27.1. The molecule has 6 nitrogen and oxygen atoms in total. The minimum atomic E-state index is -0.304. The van der Waals surface area contributed by atoms with E-state index < -0.39 is 0 Å². The minimum absolute atomic E-state index is 0.221. The van der Waals surface area contributed by atoms with Crippen LogP contribution in [-0.2, 0) is 0 Å². The maximum atomic E-state index is 13.5. The van der Waals surface area contributed by atoms with Gasteiger partial charge in [-0.25, -0.2) is 9.37 Å². The number of furan rings is 1. The highest BCUT2D eigenvalue weighted by Crippen LogP contribution is 2.39. The Morgan fingerprint density at radius 2 is 1.91 bits per heavy atom. The third-order valence-electron chi connectivity index (χ3n) is 6.63. The zero-order chi connectivity index (χ0) is 24.4. The lowest BCUT2D eigenvalue weighted by Gasteiger charge is -2.15. The van der Waals surface area contributed by atoms with Crippen molar-refractivity contribution < 1.29 is 18.3 Å². The Kier molecular flexibility index (Phi) is 6.40. The van der Waals surface area contributed by atoms with Crippen LogP contribution in [0.4, 0.5) is 4.39 Å². The van der Waals surface area contributed by atoms with Crippen molar-refractivity contribution in [1.82, 2.24) is 14.9 Å². The van der Waals surface area contributed by atoms with Crippen molar-refractivity contribution in [3.8, 4) is 28.5 Å². The van der Waals surface area contributed by atoms with Crippen LogP contribution >= 0.6 is 0 Å². The molecule has 1 amide bonds. The number of carbonyl (C=O) groups excluding carboxylic acids is 1. The highest BCUT2D eigenvalue weighted by molar-refractivity contribution is 5.92. The first kappa shape index (κ1) is 22.9. The van der Waals surface area contributed by atoms with Gasteiger partial charge >= 0.3 is 0 Å². The second-order valence-corrected chi connectivity index (χ2v) is 8.93. The molecule has 2 aromatic heterocycles. The molecule has 4 aromatic rings. The van der Waals surface area contributed by atoms with E-state index in [0.717, 1.165) is 35.4 Å². The van der Waals surface area contributed by atoms with Crippen molar-refractivity contribution in [3.63, 3.8) is 0 Å². The molecule has 1 saturated carbocycles. The number of nitrogens with zero attached hydrogens (tertiary/aromatic N) is 2. The van der Waals surface area contributed by atoms with Crippen molar-refractivity contribution in [2.75, 3.05) is 7.11 Å². The predicted molar refractivity (Wildman–Crippen MR) is 132 cm³/mol. The lowest BCUT2D eigenvalue weighted by Crippen LogP contribution is -2.26. The molecule has 0 saturated heterocycles. The average molecular weight is 474 g/mol. The van der Waals surface area contributed by atoms with Gasteiger partial charge in [0.15, 0.2) is 11.5 Å². The number of aromatic nitrogens is 2. The quantitative estimate of drug-likeness (QED) is 0.330. The predicted octanol–water partition coefficient (Wildman–Crippen LogP) is 6.56. The molecule has 1 N–H and O–H groups in total. The molecule has 0 bridgehead atoms. The van der Waals surface area contributed by atoms with Gasteiger partial charge in [0.1, 0.15) is 17.3 Å². The summed E-state index contributed by atoms with van der Waals surface area (Å²) in [5.74, 6) is 0.915. The van der Waals surface area contributed by atoms with E-state index >= 15 is 0 Å². The summed E-state index contributed by atoms with van der Waals surface area (Å²) in [6, 6.07) is 17.5. The second kappa shape index (κ2) is 9.78. The molecule has 0 unspecified atom stereocenters. The van der Waals surface area contributed by atoms with Crippen LogP contribution in [0.5, 0.6) is 5.75 Å². The number of hydrogen-bond donors (Lipinski definition) is 1. The molecule has 2 heterocycles. The van der Waals surface area contributed by atoms with Gasteiger partial charge in [0.05, 0.1) is 25.2 Å². The lowest BCUT2D eigenvalue weighted by molar-refractivity contribution is 0.0912. The fourth-order valence-electron chi connectivity index (χ4n) is 4.73. The summed E-state index contributed by atoms with van der Waals surface area (Å²) in [5.41, 5.74) is 3.25. The normalized spacial score (nSPS) is 14.7. The number of hydrogen-bond acceptors (Lipinski definition) is 4. The van der Waals surface area contributed by atoms with Crippen LogP contribution in [0.3, 0.4) is 0 Å². The molecular weight excluding hydrogens is 445 g/mol. The summed E-state index contributed by atoms with van der Waals surface area (Å²) in [5, 5.41) is 2.99. The molecule has 5 rings (SSSR count). The molecule has 0 spiro atoms. The smallest absolute Gasteiger partial charge is 0.287 e. The Balaban J connectivity index is 1.44. The van der Waals surface area contributed by atoms with E-state index in [1.54, 1.807) is 31.4 Å². The SMILES string of the molecule is COc1cccc([C@H](C)NC(=O)c2ccc(-c3c(-c4ccc(F)cc4)ncn3C3CCCC3)o2)c1. The fourth-order valence-corrected chi connectivity index (χ4v) is 4.73. The number of rotatable bonds is 7. The number of amides is 1. The topological polar surface area (TPSA) is 69.3 Å². The standard InChI is InChI=1S/C28H28FN3O3/c1-18(20-6-5-9-23(16-20)34-2)31-28(33)25-15-14-24(35-25)27-26(19-10-12-21(29)13-11-19)30-17-32(27)22-7-3-4-8-22/h5-6,9-18,22H,3-4,7-8H2,1-2H3,(H,31,33)/t18-/m0/s1. The van der Waals surface area contributed by atoms with Crippen LogP contribution in [-0.4, -0.2) is 22.6 Å². The van der Waals surface area contributed by atoms with Crippen LogP contribution in [0.2, 0.25) is 0 Å². The number of carbonyl (C=O) groups is 1. The Morgan fingerprint density at radius 1 is 1.14 bits per heavy atom. The Morgan fingerprint density at radius 3 is 2.66 bits per heavy atom. The maximum Gasteiger partial charge on any atom is 0.287 e. The van der Waals surface area contributed by atoms with E-state index in [-0.39, 0.29) is 23.5 Å². The van der Waals surface area contributed by atoms with Crippen LogP contribution in [0.25, 0.3) is 22.7 Å². The number of ether oxygens (including phenoxy) is 1. The van der Waals surface area contributed by atoms with Gasteiger partial charge in [-0.05, 0) is 73.9 Å². The van der Waals surface area contributed by atoms with Gasteiger partial charge in [-0.2, -0.15) is 0 Å². The number of nitrogens with one attached hydrogen (secondary N) is 1. The zero-order valence-electron chi connectivity index (χ0n) is 19.8. The number of benzene rings is 2. The molecule has 0 aliphatic heterocycles. The first-order chi connectivity index (χ1) is 17.0. The summed E-state index contributed by atoms with van der Waals surface area (Å²) in [7, 11) is 1.61. The molecule has 35 heavy (non-hydrogen) atoms. The Hall–Kier alpha value is -3.87. The van der Waals surface area contributed by atoms with Crippen molar-refractivity contribution in [2.24, 2.45) is 0 Å². The molecule has 1 atom stereocenters. The van der Waals surface area contributed by atoms with Crippen LogP contribution in [0, 0.1) is 5.82 Å². The van der Waals surface area contributed by atoms with Gasteiger partial charge in [0.2, 0.25) is 0 Å². The van der Waals surface area contributed by atoms with Crippen LogP contribution < -0.4 is 10.1 Å². The van der Waals surface area contributed by atoms with E-state index in [4.69, 9.17) is 9.15 Å². The van der Waals surface area contributed by atoms with Crippen molar-refractivity contribution >= 4 is 5.91 Å². The monoisotopic (exact) mass is 473 g/mol. The van der Waals surface area contributed by atoms with Crippen LogP contribution in [0.15, 0.2) is 71.4 Å². The Labute approximate surface area is 203 Å². The molecule has 2 aromatic carbocycles. The Bertz CT molecular complexity index is 1320. The van der Waals surface area contributed by atoms with E-state index in [1.807, 2.05) is 37.5 Å². The maximum absolute atomic E-state index is 13.5. The molecule has 1 aliphatic rings. The molecular formula is C28H28FN3O3. The van der Waals surface area contributed by atoms with Gasteiger partial charge in [0, 0.05) is 11.6 Å². The molecule has 7 heteroatoms. The highest BCUT2D eigenvalue weighted by Gasteiger charge is 2.26. The number of halogens is 1. The summed E-state index contributed by atoms with van der Waals surface area (Å²) in [6.45, 7) is 1.92. The van der Waals surface area contributed by atoms with Crippen molar-refractivity contribution in [3.05, 3.63) is 84.1 Å². The van der Waals surface area contributed by atoms with E-state index in [2.05, 4.69) is 14.9 Å². The van der Waals surface area contributed by atoms with Crippen molar-refractivity contribution in [1.29, 1.82) is 0 Å². The van der Waals surface area contributed by atoms with Gasteiger partial charge in [-0.1, -0.05) is 25.0 Å². The van der Waals surface area contributed by atoms with Gasteiger partial charge in [-0.15, -0.1) is 0 Å². The van der Waals surface area contributed by atoms with Gasteiger partial charge < -0.3 is 19.0 Å². The summed E-state index contributed by atoms with van der Waals surface area (Å²) in [6.07, 6.45) is 6.30. The minimum Gasteiger partial charge on any atom is -0.497 e. The number of imidazole rings is 1. The van der Waals surface area contributed by atoms with Gasteiger partial charge in [-0.3, -0.25) is 4.79 Å². The van der Waals surface area contributed by atoms with Crippen molar-refractivity contribution in [2.45, 2.75) is 44.7 Å². The number of methoxy groups -OCH3 is 1. The summed E-state index contributed by atoms with van der Waals surface area (Å²) >= 11 is 0. The van der Waals surface area contributed by atoms with E-state index in [9.17, 15) is 9.18 Å². The third kappa shape index (κ3) is 4.71. The van der Waals surface area contributed by atoms with Gasteiger partial charge in [0.25, 0.3) is 5.91 Å². The second-order valence-electron chi connectivity index (χ2n) is 8.93. The van der Waals surface area contributed by atoms with E-state index in [0.29, 0.717) is 17.5 Å². The molecule has 1 fully saturated rings. The van der Waals surface area contributed by atoms with Crippen LogP contribution in [0.1, 0.15) is 60.8 Å².